The fraction of sp³-hybridized carbons (Fsp3) is 0.389. The first kappa shape index (κ1) is 18.6. The number of morpholine rings is 1. The topological polar surface area (TPSA) is 79.4 Å². The molecule has 0 spiro atoms. The molecule has 1 saturated heterocycles. The quantitative estimate of drug-likeness (QED) is 0.807. The van der Waals surface area contributed by atoms with Crippen LogP contribution in [0.3, 0.4) is 0 Å². The predicted molar refractivity (Wildman–Crippen MR) is 102 cm³/mol. The highest BCUT2D eigenvalue weighted by molar-refractivity contribution is 6.31. The summed E-state index contributed by atoms with van der Waals surface area (Å²) in [5.41, 5.74) is 1.73. The number of carbonyl (C=O) groups is 1. The molecule has 138 valence electrons. The van der Waals surface area contributed by atoms with Crippen molar-refractivity contribution in [3.05, 3.63) is 46.6 Å². The number of aromatic nitrogens is 2. The fourth-order valence-corrected chi connectivity index (χ4v) is 2.82. The van der Waals surface area contributed by atoms with Gasteiger partial charge in [-0.15, -0.1) is 10.2 Å². The predicted octanol–water partition coefficient (Wildman–Crippen LogP) is 2.43. The van der Waals surface area contributed by atoms with E-state index >= 15 is 0 Å². The van der Waals surface area contributed by atoms with Crippen molar-refractivity contribution >= 4 is 29.0 Å². The summed E-state index contributed by atoms with van der Waals surface area (Å²) in [6.07, 6.45) is 0. The molecule has 0 aliphatic carbocycles. The Morgan fingerprint density at radius 2 is 2.04 bits per heavy atom. The number of halogens is 1. The molecular formula is C18H22ClN5O2. The van der Waals surface area contributed by atoms with Crippen LogP contribution in [0.1, 0.15) is 16.1 Å². The van der Waals surface area contributed by atoms with Crippen LogP contribution in [0.15, 0.2) is 30.3 Å². The van der Waals surface area contributed by atoms with E-state index in [0.717, 1.165) is 45.0 Å². The summed E-state index contributed by atoms with van der Waals surface area (Å²) in [7, 11) is 0. The lowest BCUT2D eigenvalue weighted by molar-refractivity contribution is 0.0398. The zero-order chi connectivity index (χ0) is 18.4. The third-order valence-corrected chi connectivity index (χ3v) is 4.66. The van der Waals surface area contributed by atoms with Crippen molar-refractivity contribution < 1.29 is 9.53 Å². The molecule has 1 aromatic heterocycles. The third-order valence-electron chi connectivity index (χ3n) is 4.25. The smallest absolute Gasteiger partial charge is 0.276 e. The van der Waals surface area contributed by atoms with E-state index < -0.39 is 0 Å². The second-order valence-electron chi connectivity index (χ2n) is 6.05. The molecule has 26 heavy (non-hydrogen) atoms. The maximum Gasteiger partial charge on any atom is 0.276 e. The highest BCUT2D eigenvalue weighted by Crippen LogP contribution is 2.23. The second kappa shape index (κ2) is 8.93. The van der Waals surface area contributed by atoms with Gasteiger partial charge in [-0.05, 0) is 36.8 Å². The first-order chi connectivity index (χ1) is 12.6. The SMILES string of the molecule is Cc1c(Cl)cccc1NC(=O)c1ccc(NCCN2CCOCC2)nn1. The lowest BCUT2D eigenvalue weighted by Crippen LogP contribution is -2.39. The van der Waals surface area contributed by atoms with E-state index in [1.807, 2.05) is 6.92 Å². The number of benzene rings is 1. The van der Waals surface area contributed by atoms with Crippen LogP contribution in [0, 0.1) is 6.92 Å². The third kappa shape index (κ3) is 4.91. The van der Waals surface area contributed by atoms with Gasteiger partial charge in [0.1, 0.15) is 5.82 Å². The summed E-state index contributed by atoms with van der Waals surface area (Å²) in [5, 5.41) is 14.7. The Morgan fingerprint density at radius 1 is 1.23 bits per heavy atom. The number of nitrogens with one attached hydrogen (secondary N) is 2. The molecule has 3 rings (SSSR count). The maximum atomic E-state index is 12.3. The zero-order valence-corrected chi connectivity index (χ0v) is 15.4. The second-order valence-corrected chi connectivity index (χ2v) is 6.46. The van der Waals surface area contributed by atoms with Crippen molar-refractivity contribution in [3.8, 4) is 0 Å². The summed E-state index contributed by atoms with van der Waals surface area (Å²) in [6, 6.07) is 8.78. The van der Waals surface area contributed by atoms with Gasteiger partial charge < -0.3 is 15.4 Å². The van der Waals surface area contributed by atoms with Crippen LogP contribution < -0.4 is 10.6 Å². The molecule has 7 nitrogen and oxygen atoms in total. The Labute approximate surface area is 157 Å². The lowest BCUT2D eigenvalue weighted by atomic mass is 10.2. The largest absolute Gasteiger partial charge is 0.379 e. The molecule has 2 N–H and O–H groups in total. The number of hydrogen-bond acceptors (Lipinski definition) is 6. The lowest BCUT2D eigenvalue weighted by Gasteiger charge is -2.26. The number of nitrogens with zero attached hydrogens (tertiary/aromatic N) is 3. The Balaban J connectivity index is 1.51. The van der Waals surface area contributed by atoms with E-state index in [4.69, 9.17) is 16.3 Å². The molecule has 0 saturated carbocycles. The van der Waals surface area contributed by atoms with Crippen molar-refractivity contribution in [1.82, 2.24) is 15.1 Å². The van der Waals surface area contributed by atoms with Gasteiger partial charge in [0, 0.05) is 36.9 Å². The standard InChI is InChI=1S/C18H22ClN5O2/c1-13-14(19)3-2-4-15(13)21-18(25)16-5-6-17(23-22-16)20-7-8-24-9-11-26-12-10-24/h2-6H,7-12H2,1H3,(H,20,23)(H,21,25). The van der Waals surface area contributed by atoms with Crippen LogP contribution in [0.5, 0.6) is 0 Å². The number of ether oxygens (including phenoxy) is 1. The van der Waals surface area contributed by atoms with Crippen molar-refractivity contribution in [2.45, 2.75) is 6.92 Å². The van der Waals surface area contributed by atoms with Crippen LogP contribution in [-0.2, 0) is 4.74 Å². The van der Waals surface area contributed by atoms with Gasteiger partial charge in [0.25, 0.3) is 5.91 Å². The molecular weight excluding hydrogens is 354 g/mol. The summed E-state index contributed by atoms with van der Waals surface area (Å²) >= 11 is 6.07. The van der Waals surface area contributed by atoms with Gasteiger partial charge in [-0.25, -0.2) is 0 Å². The molecule has 0 radical (unpaired) electrons. The van der Waals surface area contributed by atoms with Crippen LogP contribution >= 0.6 is 11.6 Å². The maximum absolute atomic E-state index is 12.3. The number of amides is 1. The van der Waals surface area contributed by atoms with E-state index in [9.17, 15) is 4.79 Å². The fourth-order valence-electron chi connectivity index (χ4n) is 2.64. The molecule has 2 aromatic rings. The molecule has 1 fully saturated rings. The average Bonchev–Trinajstić information content (AvgIpc) is 2.67. The van der Waals surface area contributed by atoms with Crippen molar-refractivity contribution in [2.75, 3.05) is 50.0 Å². The van der Waals surface area contributed by atoms with E-state index in [1.165, 1.54) is 0 Å². The van der Waals surface area contributed by atoms with Gasteiger partial charge in [0.2, 0.25) is 0 Å². The number of carbonyl (C=O) groups excluding carboxylic acids is 1. The summed E-state index contributed by atoms with van der Waals surface area (Å²) in [5.74, 6) is 0.330. The highest BCUT2D eigenvalue weighted by Gasteiger charge is 2.12. The molecule has 2 heterocycles. The molecule has 8 heteroatoms. The molecule has 0 bridgehead atoms. The monoisotopic (exact) mass is 375 g/mol. The molecule has 1 aliphatic heterocycles. The minimum Gasteiger partial charge on any atom is -0.379 e. The Hall–Kier alpha value is -2.22. The number of rotatable bonds is 6. The normalized spacial score (nSPS) is 14.8. The molecule has 1 aromatic carbocycles. The zero-order valence-electron chi connectivity index (χ0n) is 14.7. The van der Waals surface area contributed by atoms with Crippen LogP contribution in [0.4, 0.5) is 11.5 Å². The van der Waals surface area contributed by atoms with E-state index in [-0.39, 0.29) is 11.6 Å². The minimum absolute atomic E-state index is 0.253. The van der Waals surface area contributed by atoms with Gasteiger partial charge in [-0.2, -0.15) is 0 Å². The minimum atomic E-state index is -0.317. The van der Waals surface area contributed by atoms with Crippen molar-refractivity contribution in [3.63, 3.8) is 0 Å². The van der Waals surface area contributed by atoms with Gasteiger partial charge in [-0.3, -0.25) is 9.69 Å². The van der Waals surface area contributed by atoms with Crippen LogP contribution in [0.2, 0.25) is 5.02 Å². The molecule has 0 unspecified atom stereocenters. The van der Waals surface area contributed by atoms with Crippen LogP contribution in [-0.4, -0.2) is 60.4 Å². The Bertz CT molecular complexity index is 748. The van der Waals surface area contributed by atoms with Gasteiger partial charge in [-0.1, -0.05) is 17.7 Å². The average molecular weight is 376 g/mol. The van der Waals surface area contributed by atoms with Gasteiger partial charge in [0.15, 0.2) is 5.69 Å². The van der Waals surface area contributed by atoms with Crippen molar-refractivity contribution in [1.29, 1.82) is 0 Å². The molecule has 1 aliphatic rings. The van der Waals surface area contributed by atoms with E-state index in [2.05, 4.69) is 25.7 Å². The Morgan fingerprint density at radius 3 is 2.77 bits per heavy atom. The summed E-state index contributed by atoms with van der Waals surface area (Å²) in [4.78, 5) is 14.6. The number of hydrogen-bond donors (Lipinski definition) is 2. The molecule has 1 amide bonds. The van der Waals surface area contributed by atoms with Crippen molar-refractivity contribution in [2.24, 2.45) is 0 Å². The summed E-state index contributed by atoms with van der Waals surface area (Å²) in [6.45, 7) is 7.02. The molecule has 0 atom stereocenters. The highest BCUT2D eigenvalue weighted by atomic mass is 35.5. The first-order valence-electron chi connectivity index (χ1n) is 8.57. The van der Waals surface area contributed by atoms with Gasteiger partial charge in [0.05, 0.1) is 13.2 Å². The van der Waals surface area contributed by atoms with E-state index in [1.54, 1.807) is 30.3 Å². The number of anilines is 2. The summed E-state index contributed by atoms with van der Waals surface area (Å²) < 4.78 is 5.33. The van der Waals surface area contributed by atoms with Gasteiger partial charge >= 0.3 is 0 Å². The van der Waals surface area contributed by atoms with E-state index in [0.29, 0.717) is 16.5 Å². The van der Waals surface area contributed by atoms with Crippen LogP contribution in [0.25, 0.3) is 0 Å². The first-order valence-corrected chi connectivity index (χ1v) is 8.95. The Kier molecular flexibility index (Phi) is 6.38.